The molecule has 0 nitrogen and oxygen atoms in total. The van der Waals surface area contributed by atoms with E-state index in [4.69, 9.17) is 15.1 Å². The fraction of sp³-hybridized carbons (Fsp3) is 1.00. The minimum Gasteiger partial charge on any atom is -0.0651 e. The van der Waals surface area contributed by atoms with Gasteiger partial charge in [-0.15, -0.1) is 0 Å². The summed E-state index contributed by atoms with van der Waals surface area (Å²) in [6.07, 6.45) is 47.0. The first-order chi connectivity index (χ1) is 36.0. The Bertz CT molecular complexity index is 1470. The van der Waals surface area contributed by atoms with Gasteiger partial charge in [0.2, 0.25) is 0 Å². The molecule has 0 aromatic rings. The summed E-state index contributed by atoms with van der Waals surface area (Å²) in [5, 5.41) is 0. The third kappa shape index (κ3) is 37.4. The lowest BCUT2D eigenvalue weighted by molar-refractivity contribution is 0.0511. The lowest BCUT2D eigenvalue weighted by Gasteiger charge is -2.47. The number of rotatable bonds is 1. The average molecular weight is 981 g/mol. The first-order valence-electron chi connectivity index (χ1n) is 36.0. The highest BCUT2D eigenvalue weighted by molar-refractivity contribution is 4.92. The predicted molar refractivity (Wildman–Crippen MR) is 320 cm³/mol. The monoisotopic (exact) mass is 980 g/mol. The zero-order valence-electron chi connectivity index (χ0n) is 62.4. The molecule has 8 saturated carbocycles. The molecule has 8 rings (SSSR count). The predicted octanol–water partition coefficient (Wildman–Crippen LogP) is 25.3. The van der Waals surface area contributed by atoms with Gasteiger partial charge in [-0.25, -0.2) is 0 Å². The van der Waals surface area contributed by atoms with E-state index in [1.54, 1.807) is 65.2 Å². The van der Waals surface area contributed by atoms with Crippen LogP contribution >= 0.6 is 0 Å². The summed E-state index contributed by atoms with van der Waals surface area (Å²) < 4.78 is 77.9. The molecule has 0 bridgehead atoms. The van der Waals surface area contributed by atoms with Crippen LogP contribution in [-0.2, 0) is 0 Å². The Kier molecular flexibility index (Phi) is 27.9. The van der Waals surface area contributed by atoms with Crippen molar-refractivity contribution in [2.24, 2.45) is 74.3 Å². The van der Waals surface area contributed by atoms with E-state index in [1.165, 1.54) is 155 Å². The van der Waals surface area contributed by atoms with Crippen LogP contribution in [0.5, 0.6) is 0 Å². The Morgan fingerprint density at radius 2 is 0.667 bits per heavy atom. The molecule has 0 saturated heterocycles. The van der Waals surface area contributed by atoms with Gasteiger partial charge < -0.3 is 0 Å². The van der Waals surface area contributed by atoms with Gasteiger partial charge in [-0.1, -0.05) is 280 Å². The first-order valence-corrected chi connectivity index (χ1v) is 30.5. The van der Waals surface area contributed by atoms with Gasteiger partial charge in [-0.2, -0.15) is 0 Å². The summed E-state index contributed by atoms with van der Waals surface area (Å²) in [6.45, 7) is 35.1. The molecule has 69 heavy (non-hydrogen) atoms. The first kappa shape index (κ1) is 51.1. The maximum atomic E-state index is 7.63. The Balaban J connectivity index is 0.000000892. The van der Waals surface area contributed by atoms with Crippen LogP contribution in [0.4, 0.5) is 0 Å². The van der Waals surface area contributed by atoms with Gasteiger partial charge in [0, 0.05) is 15.1 Å². The third-order valence-corrected chi connectivity index (χ3v) is 17.7. The van der Waals surface area contributed by atoms with Crippen molar-refractivity contribution in [3.05, 3.63) is 0 Å². The molecular weight excluding hydrogens is 829 g/mol. The highest BCUT2D eigenvalue weighted by Gasteiger charge is 2.40. The van der Waals surface area contributed by atoms with E-state index in [0.717, 1.165) is 59.7 Å². The minimum absolute atomic E-state index is 0.0556. The quantitative estimate of drug-likeness (QED) is 0.246. The molecule has 0 amide bonds. The lowest BCUT2D eigenvalue weighted by atomic mass is 9.59. The fourth-order valence-corrected chi connectivity index (χ4v) is 11.6. The highest BCUT2D eigenvalue weighted by atomic mass is 14.5. The average Bonchev–Trinajstić information content (AvgIpc) is 3.95. The van der Waals surface area contributed by atoms with Gasteiger partial charge in [0.25, 0.3) is 0 Å². The third-order valence-electron chi connectivity index (χ3n) is 17.7. The summed E-state index contributed by atoms with van der Waals surface area (Å²) in [7, 11) is 0. The molecule has 8 aliphatic rings. The number of hydrogen-bond acceptors (Lipinski definition) is 0. The molecule has 0 heteroatoms. The molecule has 0 heterocycles. The second kappa shape index (κ2) is 37.7. The molecule has 0 N–H and O–H groups in total. The van der Waals surface area contributed by atoms with E-state index in [2.05, 4.69) is 34.6 Å². The van der Waals surface area contributed by atoms with Crippen LogP contribution in [0.3, 0.4) is 0 Å². The van der Waals surface area contributed by atoms with Crippen molar-refractivity contribution in [3.63, 3.8) is 0 Å². The molecule has 416 valence electrons. The molecule has 8 fully saturated rings. The standard InChI is InChI=1S/C14H26.C12H22.C11H20.C7H14.C6H12.C6H14.C5H12.2C4H10/c1-12-4-6-14(7-5-12)10-8-13(2,3)9-11-14;1-11-5-9-12(10-6-11)7-3-2-4-8-12;1-10-4-8-11(9-5-10)6-2-3-7-11;1-7-5-3-2-4-6-7;1-6-4-2-3-5-6;1-5-6(2,3)4;1-4-5(2)3;2*1-4(2)3/h12H,4-11H2,1-3H3;11H,2-10H2,1H3;10H,2-9H2,1H3;7H,2-6H2,1H3;6H,2-5H2,1H3;5H2,1-4H3;5H,4H2,1-3H3;2*4H,1-3H3/i;;;7D;6D;5D2;4D2;1D3,4D;4D. The summed E-state index contributed by atoms with van der Waals surface area (Å²) in [4.78, 5) is 0. The molecule has 0 aromatic carbocycles. The van der Waals surface area contributed by atoms with Crippen LogP contribution in [0, 0.1) is 74.3 Å². The lowest BCUT2D eigenvalue weighted by Crippen LogP contribution is -2.34. The molecule has 0 atom stereocenters. The molecule has 8 aliphatic carbocycles. The van der Waals surface area contributed by atoms with Crippen molar-refractivity contribution in [1.29, 1.82) is 0 Å². The molecule has 0 unspecified atom stereocenters. The van der Waals surface area contributed by atoms with Crippen molar-refractivity contribution in [2.45, 2.75) is 369 Å². The van der Waals surface area contributed by atoms with Crippen LogP contribution < -0.4 is 0 Å². The summed E-state index contributed by atoms with van der Waals surface area (Å²) in [5.74, 6) is 1.51. The van der Waals surface area contributed by atoms with E-state index in [9.17, 15) is 0 Å². The molecule has 3 spiro atoms. The summed E-state index contributed by atoms with van der Waals surface area (Å²) in [6, 6.07) is 0. The highest BCUT2D eigenvalue weighted by Crippen LogP contribution is 2.53. The van der Waals surface area contributed by atoms with Crippen molar-refractivity contribution in [2.75, 3.05) is 0 Å². The zero-order chi connectivity index (χ0) is 62.4. The molecule has 0 aromatic heterocycles. The van der Waals surface area contributed by atoms with Crippen molar-refractivity contribution in [1.82, 2.24) is 0 Å². The maximum absolute atomic E-state index is 7.63. The van der Waals surface area contributed by atoms with Gasteiger partial charge in [0.15, 0.2) is 0 Å². The Labute approximate surface area is 457 Å². The van der Waals surface area contributed by atoms with E-state index in [0.29, 0.717) is 5.41 Å². The summed E-state index contributed by atoms with van der Waals surface area (Å²) in [5.41, 5.74) is 2.90. The minimum atomic E-state index is -2.15. The van der Waals surface area contributed by atoms with Gasteiger partial charge in [0.1, 0.15) is 0 Å². The van der Waals surface area contributed by atoms with Gasteiger partial charge in [-0.3, -0.25) is 0 Å². The molecule has 0 radical (unpaired) electrons. The van der Waals surface area contributed by atoms with E-state index >= 15 is 0 Å². The van der Waals surface area contributed by atoms with Crippen LogP contribution in [0.15, 0.2) is 0 Å². The molecule has 0 aliphatic heterocycles. The van der Waals surface area contributed by atoms with Crippen molar-refractivity contribution in [3.8, 4) is 0 Å². The van der Waals surface area contributed by atoms with E-state index in [1.807, 2.05) is 69.2 Å². The van der Waals surface area contributed by atoms with Crippen molar-refractivity contribution < 1.29 is 15.1 Å². The van der Waals surface area contributed by atoms with Crippen molar-refractivity contribution >= 4 is 0 Å². The number of hydrogen-bond donors (Lipinski definition) is 0. The second-order valence-corrected chi connectivity index (χ2v) is 28.1. The van der Waals surface area contributed by atoms with Gasteiger partial charge in [-0.05, 0) is 164 Å². The van der Waals surface area contributed by atoms with Crippen LogP contribution in [0.1, 0.15) is 385 Å². The van der Waals surface area contributed by atoms with Crippen LogP contribution in [-0.4, -0.2) is 0 Å². The van der Waals surface area contributed by atoms with E-state index < -0.39 is 25.5 Å². The maximum Gasteiger partial charge on any atom is 0.0300 e. The van der Waals surface area contributed by atoms with Crippen LogP contribution in [0.2, 0.25) is 0 Å². The van der Waals surface area contributed by atoms with Gasteiger partial charge >= 0.3 is 0 Å². The fourth-order valence-electron chi connectivity index (χ4n) is 11.6. The Morgan fingerprint density at radius 1 is 0.435 bits per heavy atom. The second-order valence-electron chi connectivity index (χ2n) is 28.1. The van der Waals surface area contributed by atoms with E-state index in [-0.39, 0.29) is 29.0 Å². The summed E-state index contributed by atoms with van der Waals surface area (Å²) >= 11 is 0. The topological polar surface area (TPSA) is 0 Å². The van der Waals surface area contributed by atoms with Gasteiger partial charge in [0.05, 0.1) is 0 Å². The molecular formula is C69H140. The Morgan fingerprint density at radius 3 is 0.884 bits per heavy atom. The van der Waals surface area contributed by atoms with Crippen LogP contribution in [0.25, 0.3) is 0 Å². The Hall–Kier alpha value is 0. The normalized spacial score (nSPS) is 28.6. The largest absolute Gasteiger partial charge is 0.0651 e. The smallest absolute Gasteiger partial charge is 0.0300 e. The zero-order valence-corrected chi connectivity index (χ0v) is 51.4. The SMILES string of the molecule is CC1CCC2(CC1)CCC(C)(C)CC2.CC1CCC2(CCCC2)CC1.CC1CCC2(CCCCC2)CC1.[2H]C(C)(C)C.[2H]C([2H])(C)C(C)(C)C.[2H]C([2H])(C)C(C)C.[2H]C([2H])([2H])C([2H])(C)C.[2H]C1(C)CCCC1.[2H]C1(C)CCCCC1.